The van der Waals surface area contributed by atoms with Gasteiger partial charge in [-0.25, -0.2) is 21.9 Å². The average molecular weight is 435 g/mol. The van der Waals surface area contributed by atoms with Gasteiger partial charge in [0.2, 0.25) is 15.9 Å². The topological polar surface area (TPSA) is 66.5 Å². The van der Waals surface area contributed by atoms with E-state index in [-0.39, 0.29) is 6.54 Å². The molecule has 2 aliphatic rings. The van der Waals surface area contributed by atoms with E-state index in [4.69, 9.17) is 0 Å². The maximum absolute atomic E-state index is 13.5. The van der Waals surface area contributed by atoms with E-state index in [1.165, 1.54) is 4.90 Å². The number of carbonyl (C=O) groups is 1. The molecule has 1 N–H and O–H groups in total. The number of nitrogens with one attached hydrogen (secondary N) is 1. The minimum atomic E-state index is -3.50. The van der Waals surface area contributed by atoms with Gasteiger partial charge in [0.05, 0.1) is 12.3 Å². The van der Waals surface area contributed by atoms with Crippen LogP contribution < -0.4 is 4.72 Å². The summed E-state index contributed by atoms with van der Waals surface area (Å²) in [6.07, 6.45) is 1.43. The fourth-order valence-electron chi connectivity index (χ4n) is 4.22. The Kier molecular flexibility index (Phi) is 5.40. The molecule has 2 aromatic rings. The van der Waals surface area contributed by atoms with Crippen molar-refractivity contribution < 1.29 is 22.0 Å². The number of sulfonamides is 1. The smallest absolute Gasteiger partial charge is 0.260 e. The van der Waals surface area contributed by atoms with E-state index in [0.717, 1.165) is 22.9 Å². The average Bonchev–Trinajstić information content (AvgIpc) is 3.18. The van der Waals surface area contributed by atoms with E-state index in [1.807, 2.05) is 54.6 Å². The molecule has 160 valence electrons. The van der Waals surface area contributed by atoms with E-state index >= 15 is 0 Å². The number of carbonyl (C=O) groups excluding carboxylic acids is 1. The molecule has 1 aliphatic carbocycles. The van der Waals surface area contributed by atoms with Gasteiger partial charge >= 0.3 is 0 Å². The van der Waals surface area contributed by atoms with Crippen molar-refractivity contribution >= 4 is 15.9 Å². The zero-order chi connectivity index (χ0) is 21.5. The SMILES string of the molecule is CS(=O)(=O)N[C@@H]1CCN(C(=O)C2CC2(F)F)[C@@H]1Cc1cccc(-c2ccccc2)c1. The van der Waals surface area contributed by atoms with Crippen molar-refractivity contribution in [2.75, 3.05) is 12.8 Å². The molecule has 1 amide bonds. The quantitative estimate of drug-likeness (QED) is 0.760. The predicted molar refractivity (Wildman–Crippen MR) is 111 cm³/mol. The third-order valence-electron chi connectivity index (χ3n) is 5.80. The Balaban J connectivity index is 1.59. The van der Waals surface area contributed by atoms with Crippen molar-refractivity contribution in [2.45, 2.75) is 37.3 Å². The second kappa shape index (κ2) is 7.74. The molecule has 1 aliphatic heterocycles. The van der Waals surface area contributed by atoms with Gasteiger partial charge in [-0.1, -0.05) is 54.6 Å². The lowest BCUT2D eigenvalue weighted by Crippen LogP contribution is -2.48. The van der Waals surface area contributed by atoms with Crippen LogP contribution in [0.25, 0.3) is 11.1 Å². The molecule has 3 atom stereocenters. The summed E-state index contributed by atoms with van der Waals surface area (Å²) in [7, 11) is -3.50. The van der Waals surface area contributed by atoms with Gasteiger partial charge in [-0.3, -0.25) is 4.79 Å². The largest absolute Gasteiger partial charge is 0.337 e. The van der Waals surface area contributed by atoms with E-state index in [2.05, 4.69) is 4.72 Å². The summed E-state index contributed by atoms with van der Waals surface area (Å²) in [5, 5.41) is 0. The van der Waals surface area contributed by atoms with Gasteiger partial charge in [-0.2, -0.15) is 0 Å². The van der Waals surface area contributed by atoms with Crippen LogP contribution in [0.4, 0.5) is 8.78 Å². The number of halogens is 2. The number of amides is 1. The summed E-state index contributed by atoms with van der Waals surface area (Å²) in [6.45, 7) is 0.266. The Labute approximate surface area is 175 Å². The van der Waals surface area contributed by atoms with E-state index < -0.39 is 46.3 Å². The fourth-order valence-corrected chi connectivity index (χ4v) is 5.05. The van der Waals surface area contributed by atoms with Crippen LogP contribution in [0.15, 0.2) is 54.6 Å². The molecule has 0 bridgehead atoms. The number of likely N-dealkylation sites (tertiary alicyclic amines) is 1. The van der Waals surface area contributed by atoms with Gasteiger partial charge in [0.15, 0.2) is 0 Å². The minimum Gasteiger partial charge on any atom is -0.337 e. The summed E-state index contributed by atoms with van der Waals surface area (Å²) in [4.78, 5) is 14.1. The van der Waals surface area contributed by atoms with Crippen molar-refractivity contribution in [1.29, 1.82) is 0 Å². The first-order valence-electron chi connectivity index (χ1n) is 9.94. The molecule has 5 nitrogen and oxygen atoms in total. The molecule has 2 fully saturated rings. The Hall–Kier alpha value is -2.32. The summed E-state index contributed by atoms with van der Waals surface area (Å²) >= 11 is 0. The summed E-state index contributed by atoms with van der Waals surface area (Å²) < 4.78 is 53.2. The molecule has 0 radical (unpaired) electrons. The number of rotatable bonds is 6. The lowest BCUT2D eigenvalue weighted by molar-refractivity contribution is -0.135. The third-order valence-corrected chi connectivity index (χ3v) is 6.53. The van der Waals surface area contributed by atoms with Crippen LogP contribution in [-0.4, -0.2) is 50.0 Å². The van der Waals surface area contributed by atoms with Crippen LogP contribution in [0.3, 0.4) is 0 Å². The maximum Gasteiger partial charge on any atom is 0.260 e. The van der Waals surface area contributed by atoms with Crippen LogP contribution in [0.1, 0.15) is 18.4 Å². The van der Waals surface area contributed by atoms with E-state index in [1.54, 1.807) is 0 Å². The molecule has 1 saturated heterocycles. The molecular weight excluding hydrogens is 410 g/mol. The van der Waals surface area contributed by atoms with Crippen molar-refractivity contribution in [3.63, 3.8) is 0 Å². The minimum absolute atomic E-state index is 0.266. The third kappa shape index (κ3) is 4.54. The van der Waals surface area contributed by atoms with Gasteiger partial charge in [-0.05, 0) is 29.5 Å². The highest BCUT2D eigenvalue weighted by atomic mass is 32.2. The van der Waals surface area contributed by atoms with Crippen LogP contribution in [0, 0.1) is 5.92 Å². The summed E-state index contributed by atoms with van der Waals surface area (Å²) in [5.41, 5.74) is 2.97. The molecule has 1 unspecified atom stereocenters. The van der Waals surface area contributed by atoms with Crippen molar-refractivity contribution in [3.8, 4) is 11.1 Å². The Morgan fingerprint density at radius 1 is 1.13 bits per heavy atom. The van der Waals surface area contributed by atoms with Gasteiger partial charge in [0.25, 0.3) is 5.92 Å². The standard InChI is InChI=1S/C22H24F2N2O3S/c1-30(28,29)25-19-10-11-26(21(27)18-14-22(18,23)24)20(19)13-15-6-5-9-17(12-15)16-7-3-2-4-8-16/h2-9,12,18-20,25H,10-11,13-14H2,1H3/t18?,19-,20-/m1/s1. The summed E-state index contributed by atoms with van der Waals surface area (Å²) in [6, 6.07) is 16.6. The first kappa shape index (κ1) is 20.9. The second-order valence-electron chi connectivity index (χ2n) is 8.17. The lowest BCUT2D eigenvalue weighted by Gasteiger charge is -2.29. The van der Waals surface area contributed by atoms with Gasteiger partial charge in [0.1, 0.15) is 5.92 Å². The fraction of sp³-hybridized carbons (Fsp3) is 0.409. The Bertz CT molecular complexity index is 1040. The predicted octanol–water partition coefficient (Wildman–Crippen LogP) is 3.07. The van der Waals surface area contributed by atoms with Crippen molar-refractivity contribution in [1.82, 2.24) is 9.62 Å². The number of hydrogen-bond acceptors (Lipinski definition) is 3. The highest BCUT2D eigenvalue weighted by molar-refractivity contribution is 7.88. The monoisotopic (exact) mass is 434 g/mol. The molecule has 8 heteroatoms. The first-order chi connectivity index (χ1) is 14.1. The molecular formula is C22H24F2N2O3S. The number of nitrogens with zero attached hydrogens (tertiary/aromatic N) is 1. The van der Waals surface area contributed by atoms with Crippen LogP contribution in [-0.2, 0) is 21.2 Å². The van der Waals surface area contributed by atoms with E-state index in [9.17, 15) is 22.0 Å². The van der Waals surface area contributed by atoms with Gasteiger partial charge in [0, 0.05) is 19.0 Å². The van der Waals surface area contributed by atoms with Crippen LogP contribution in [0.5, 0.6) is 0 Å². The van der Waals surface area contributed by atoms with Crippen molar-refractivity contribution in [2.24, 2.45) is 5.92 Å². The Morgan fingerprint density at radius 3 is 2.43 bits per heavy atom. The second-order valence-corrected chi connectivity index (χ2v) is 9.95. The Morgan fingerprint density at radius 2 is 1.80 bits per heavy atom. The zero-order valence-electron chi connectivity index (χ0n) is 16.6. The van der Waals surface area contributed by atoms with Gasteiger partial charge in [-0.15, -0.1) is 0 Å². The van der Waals surface area contributed by atoms with Gasteiger partial charge < -0.3 is 4.90 Å². The van der Waals surface area contributed by atoms with Crippen molar-refractivity contribution in [3.05, 3.63) is 60.2 Å². The van der Waals surface area contributed by atoms with E-state index in [0.29, 0.717) is 12.8 Å². The molecule has 0 aromatic heterocycles. The summed E-state index contributed by atoms with van der Waals surface area (Å²) in [5.74, 6) is -4.81. The van der Waals surface area contributed by atoms with Crippen LogP contribution in [0.2, 0.25) is 0 Å². The lowest BCUT2D eigenvalue weighted by atomic mass is 9.97. The highest BCUT2D eigenvalue weighted by Gasteiger charge is 2.63. The molecule has 30 heavy (non-hydrogen) atoms. The molecule has 1 saturated carbocycles. The van der Waals surface area contributed by atoms with Crippen LogP contribution >= 0.6 is 0 Å². The molecule has 2 aromatic carbocycles. The molecule has 0 spiro atoms. The number of hydrogen-bond donors (Lipinski definition) is 1. The number of alkyl halides is 2. The highest BCUT2D eigenvalue weighted by Crippen LogP contribution is 2.50. The molecule has 1 heterocycles. The first-order valence-corrected chi connectivity index (χ1v) is 11.8. The number of benzene rings is 2. The zero-order valence-corrected chi connectivity index (χ0v) is 17.4. The molecule has 4 rings (SSSR count). The maximum atomic E-state index is 13.5. The normalized spacial score (nSPS) is 25.3.